The Morgan fingerprint density at radius 3 is 2.57 bits per heavy atom. The molecule has 1 fully saturated rings. The predicted octanol–water partition coefficient (Wildman–Crippen LogP) is 0.750. The monoisotopic (exact) mass is 299 g/mol. The molecule has 120 valence electrons. The van der Waals surface area contributed by atoms with Crippen molar-refractivity contribution in [2.45, 2.75) is 39.7 Å². The van der Waals surface area contributed by atoms with Gasteiger partial charge in [-0.05, 0) is 33.1 Å². The zero-order valence-corrected chi connectivity index (χ0v) is 13.0. The van der Waals surface area contributed by atoms with E-state index in [0.29, 0.717) is 26.1 Å². The third-order valence-corrected chi connectivity index (χ3v) is 3.46. The Balaban J connectivity index is 2.52. The number of nitrogens with one attached hydrogen (secondary N) is 1. The van der Waals surface area contributed by atoms with E-state index in [1.54, 1.807) is 4.90 Å². The van der Waals surface area contributed by atoms with Gasteiger partial charge in [0.15, 0.2) is 0 Å². The molecule has 2 N–H and O–H groups in total. The second-order valence-electron chi connectivity index (χ2n) is 5.72. The zero-order chi connectivity index (χ0) is 16.0. The van der Waals surface area contributed by atoms with E-state index in [0.717, 1.165) is 0 Å². The number of rotatable bonds is 6. The van der Waals surface area contributed by atoms with Gasteiger partial charge in [-0.25, -0.2) is 4.79 Å². The number of carbonyl (C=O) groups excluding carboxylic acids is 2. The van der Waals surface area contributed by atoms with E-state index in [-0.39, 0.29) is 36.9 Å². The van der Waals surface area contributed by atoms with Gasteiger partial charge in [-0.3, -0.25) is 9.59 Å². The second kappa shape index (κ2) is 7.85. The van der Waals surface area contributed by atoms with Crippen LogP contribution in [0.2, 0.25) is 0 Å². The highest BCUT2D eigenvalue weighted by molar-refractivity contribution is 5.84. The molecular formula is C14H25N3O4. The van der Waals surface area contributed by atoms with Crippen molar-refractivity contribution in [1.82, 2.24) is 15.1 Å². The fourth-order valence-corrected chi connectivity index (χ4v) is 2.48. The van der Waals surface area contributed by atoms with Crippen LogP contribution in [0.4, 0.5) is 4.79 Å². The third kappa shape index (κ3) is 5.61. The van der Waals surface area contributed by atoms with Crippen molar-refractivity contribution in [2.75, 3.05) is 26.2 Å². The fourth-order valence-electron chi connectivity index (χ4n) is 2.48. The molecule has 3 amide bonds. The van der Waals surface area contributed by atoms with Crippen molar-refractivity contribution < 1.29 is 19.5 Å². The van der Waals surface area contributed by atoms with Crippen LogP contribution in [0.25, 0.3) is 0 Å². The van der Waals surface area contributed by atoms with E-state index in [1.807, 2.05) is 20.8 Å². The average molecular weight is 299 g/mol. The standard InChI is InChI=1S/C14H25N3O4/c1-4-16(9-12(18)15-10(2)3)14(21)17-6-5-11(8-17)7-13(19)20/h10-11H,4-9H2,1-3H3,(H,15,18)(H,19,20). The summed E-state index contributed by atoms with van der Waals surface area (Å²) in [6, 6.07) is -0.151. The van der Waals surface area contributed by atoms with E-state index in [2.05, 4.69) is 5.32 Å². The summed E-state index contributed by atoms with van der Waals surface area (Å²) >= 11 is 0. The summed E-state index contributed by atoms with van der Waals surface area (Å²) in [5.41, 5.74) is 0. The lowest BCUT2D eigenvalue weighted by atomic mass is 10.1. The fraction of sp³-hybridized carbons (Fsp3) is 0.786. The predicted molar refractivity (Wildman–Crippen MR) is 77.9 cm³/mol. The number of carboxylic acid groups (broad SMARTS) is 1. The molecule has 21 heavy (non-hydrogen) atoms. The van der Waals surface area contributed by atoms with Crippen LogP contribution >= 0.6 is 0 Å². The molecule has 0 bridgehead atoms. The Morgan fingerprint density at radius 1 is 1.38 bits per heavy atom. The molecule has 0 aromatic rings. The first-order valence-electron chi connectivity index (χ1n) is 7.38. The maximum atomic E-state index is 12.4. The van der Waals surface area contributed by atoms with Crippen LogP contribution in [0.15, 0.2) is 0 Å². The number of carbonyl (C=O) groups is 3. The lowest BCUT2D eigenvalue weighted by Crippen LogP contribution is -2.47. The van der Waals surface area contributed by atoms with Gasteiger partial charge in [-0.15, -0.1) is 0 Å². The Hall–Kier alpha value is -1.79. The molecule has 1 saturated heterocycles. The van der Waals surface area contributed by atoms with Crippen LogP contribution in [0.5, 0.6) is 0 Å². The number of urea groups is 1. The Morgan fingerprint density at radius 2 is 2.05 bits per heavy atom. The summed E-state index contributed by atoms with van der Waals surface area (Å²) in [5, 5.41) is 11.5. The smallest absolute Gasteiger partial charge is 0.320 e. The van der Waals surface area contributed by atoms with Crippen LogP contribution in [-0.2, 0) is 9.59 Å². The summed E-state index contributed by atoms with van der Waals surface area (Å²) in [7, 11) is 0. The SMILES string of the molecule is CCN(CC(=O)NC(C)C)C(=O)N1CCC(CC(=O)O)C1. The molecule has 1 rings (SSSR count). The van der Waals surface area contributed by atoms with Crippen LogP contribution in [-0.4, -0.2) is 65.0 Å². The molecule has 0 radical (unpaired) electrons. The maximum absolute atomic E-state index is 12.4. The van der Waals surface area contributed by atoms with Gasteiger partial charge in [-0.1, -0.05) is 0 Å². The summed E-state index contributed by atoms with van der Waals surface area (Å²) < 4.78 is 0. The molecule has 0 aromatic carbocycles. The minimum Gasteiger partial charge on any atom is -0.481 e. The maximum Gasteiger partial charge on any atom is 0.320 e. The van der Waals surface area contributed by atoms with Gasteiger partial charge >= 0.3 is 12.0 Å². The number of aliphatic carboxylic acids is 1. The molecule has 0 spiro atoms. The van der Waals surface area contributed by atoms with Gasteiger partial charge in [-0.2, -0.15) is 0 Å². The number of nitrogens with zero attached hydrogens (tertiary/aromatic N) is 2. The first kappa shape index (κ1) is 17.3. The van der Waals surface area contributed by atoms with Crippen molar-refractivity contribution in [1.29, 1.82) is 0 Å². The molecule has 1 aliphatic heterocycles. The lowest BCUT2D eigenvalue weighted by molar-refractivity contribution is -0.138. The highest BCUT2D eigenvalue weighted by atomic mass is 16.4. The summed E-state index contributed by atoms with van der Waals surface area (Å²) in [6.07, 6.45) is 0.789. The third-order valence-electron chi connectivity index (χ3n) is 3.46. The minimum atomic E-state index is -0.835. The molecule has 1 unspecified atom stereocenters. The lowest BCUT2D eigenvalue weighted by Gasteiger charge is -2.27. The van der Waals surface area contributed by atoms with Gasteiger partial charge in [0.25, 0.3) is 0 Å². The van der Waals surface area contributed by atoms with Gasteiger partial charge in [0.05, 0.1) is 0 Å². The molecular weight excluding hydrogens is 274 g/mol. The minimum absolute atomic E-state index is 0.00893. The van der Waals surface area contributed by atoms with Crippen LogP contribution in [0.3, 0.4) is 0 Å². The Kier molecular flexibility index (Phi) is 6.45. The summed E-state index contributed by atoms with van der Waals surface area (Å²) in [6.45, 7) is 7.05. The highest BCUT2D eigenvalue weighted by Crippen LogP contribution is 2.20. The largest absolute Gasteiger partial charge is 0.481 e. The topological polar surface area (TPSA) is 90.0 Å². The van der Waals surface area contributed by atoms with Gasteiger partial charge in [0.1, 0.15) is 6.54 Å². The molecule has 1 heterocycles. The number of hydrogen-bond donors (Lipinski definition) is 2. The number of carboxylic acids is 1. The molecule has 1 atom stereocenters. The first-order chi connectivity index (χ1) is 9.83. The van der Waals surface area contributed by atoms with E-state index in [9.17, 15) is 14.4 Å². The quantitative estimate of drug-likeness (QED) is 0.757. The van der Waals surface area contributed by atoms with Crippen molar-refractivity contribution in [3.8, 4) is 0 Å². The molecule has 0 saturated carbocycles. The molecule has 0 aromatic heterocycles. The zero-order valence-electron chi connectivity index (χ0n) is 13.0. The molecule has 7 nitrogen and oxygen atoms in total. The number of hydrogen-bond acceptors (Lipinski definition) is 3. The van der Waals surface area contributed by atoms with Crippen molar-refractivity contribution in [3.05, 3.63) is 0 Å². The number of amides is 3. The van der Waals surface area contributed by atoms with E-state index < -0.39 is 5.97 Å². The van der Waals surface area contributed by atoms with E-state index >= 15 is 0 Å². The average Bonchev–Trinajstić information content (AvgIpc) is 2.81. The molecule has 7 heteroatoms. The van der Waals surface area contributed by atoms with Crippen LogP contribution in [0, 0.1) is 5.92 Å². The van der Waals surface area contributed by atoms with Gasteiger partial charge < -0.3 is 20.2 Å². The molecule has 1 aliphatic rings. The highest BCUT2D eigenvalue weighted by Gasteiger charge is 2.30. The van der Waals surface area contributed by atoms with E-state index in [1.165, 1.54) is 4.90 Å². The van der Waals surface area contributed by atoms with Crippen LogP contribution in [0.1, 0.15) is 33.6 Å². The number of likely N-dealkylation sites (tertiary alicyclic amines) is 1. The van der Waals surface area contributed by atoms with Crippen molar-refractivity contribution in [2.24, 2.45) is 5.92 Å². The Labute approximate surface area is 125 Å². The van der Waals surface area contributed by atoms with Crippen molar-refractivity contribution in [3.63, 3.8) is 0 Å². The first-order valence-corrected chi connectivity index (χ1v) is 7.38. The van der Waals surface area contributed by atoms with Gasteiger partial charge in [0.2, 0.25) is 5.91 Å². The van der Waals surface area contributed by atoms with E-state index in [4.69, 9.17) is 5.11 Å². The Bertz CT molecular complexity index is 398. The number of likely N-dealkylation sites (N-methyl/N-ethyl adjacent to an activating group) is 1. The summed E-state index contributed by atoms with van der Waals surface area (Å²) in [4.78, 5) is 37.9. The second-order valence-corrected chi connectivity index (χ2v) is 5.72. The van der Waals surface area contributed by atoms with Crippen LogP contribution < -0.4 is 5.32 Å². The van der Waals surface area contributed by atoms with Gasteiger partial charge in [0, 0.05) is 32.1 Å². The summed E-state index contributed by atoms with van der Waals surface area (Å²) in [5.74, 6) is -1.01. The normalized spacial score (nSPS) is 17.9. The molecule has 0 aliphatic carbocycles. The van der Waals surface area contributed by atoms with Crippen molar-refractivity contribution >= 4 is 17.9 Å².